The van der Waals surface area contributed by atoms with Crippen LogP contribution in [0.25, 0.3) is 0 Å². The molecule has 0 radical (unpaired) electrons. The predicted octanol–water partition coefficient (Wildman–Crippen LogP) is 2.39. The van der Waals surface area contributed by atoms with E-state index in [4.69, 9.17) is 11.6 Å². The van der Waals surface area contributed by atoms with Crippen LogP contribution in [0.4, 0.5) is 4.39 Å². The molecular formula is C17H12ClFN2O3. The normalized spacial score (nSPS) is 13.2. The molecule has 1 heterocycles. The number of rotatable bonds is 4. The molecule has 0 fully saturated rings. The van der Waals surface area contributed by atoms with Gasteiger partial charge >= 0.3 is 0 Å². The van der Waals surface area contributed by atoms with Crippen LogP contribution in [0.1, 0.15) is 26.3 Å². The van der Waals surface area contributed by atoms with Gasteiger partial charge in [-0.1, -0.05) is 29.8 Å². The number of carbonyl (C=O) groups excluding carboxylic acids is 3. The molecule has 1 aliphatic heterocycles. The Labute approximate surface area is 142 Å². The van der Waals surface area contributed by atoms with E-state index in [9.17, 15) is 18.8 Å². The summed E-state index contributed by atoms with van der Waals surface area (Å²) in [6.45, 7) is -0.229. The first-order chi connectivity index (χ1) is 11.5. The summed E-state index contributed by atoms with van der Waals surface area (Å²) < 4.78 is 13.7. The maximum Gasteiger partial charge on any atom is 0.265 e. The molecule has 0 atom stereocenters. The molecule has 0 aromatic heterocycles. The van der Waals surface area contributed by atoms with Crippen molar-refractivity contribution in [2.45, 2.75) is 6.54 Å². The number of benzene rings is 2. The van der Waals surface area contributed by atoms with Crippen molar-refractivity contribution in [3.8, 4) is 0 Å². The number of hydrogen-bond acceptors (Lipinski definition) is 3. The number of nitrogens with one attached hydrogen (secondary N) is 1. The summed E-state index contributed by atoms with van der Waals surface area (Å²) in [5, 5.41) is 3.19. The van der Waals surface area contributed by atoms with Crippen molar-refractivity contribution in [3.63, 3.8) is 0 Å². The Kier molecular flexibility index (Phi) is 4.31. The number of carbonyl (C=O) groups is 3. The molecule has 0 aliphatic carbocycles. The van der Waals surface area contributed by atoms with Crippen molar-refractivity contribution in [2.24, 2.45) is 0 Å². The van der Waals surface area contributed by atoms with Crippen LogP contribution in [0.5, 0.6) is 0 Å². The van der Waals surface area contributed by atoms with Crippen molar-refractivity contribution < 1.29 is 18.8 Å². The van der Waals surface area contributed by atoms with Crippen molar-refractivity contribution in [1.82, 2.24) is 10.2 Å². The minimum absolute atomic E-state index is 0.0227. The maximum absolute atomic E-state index is 13.7. The molecule has 2 aromatic carbocycles. The highest BCUT2D eigenvalue weighted by atomic mass is 35.5. The van der Waals surface area contributed by atoms with Gasteiger partial charge < -0.3 is 5.32 Å². The second-order valence-corrected chi connectivity index (χ2v) is 5.70. The molecule has 24 heavy (non-hydrogen) atoms. The molecule has 1 N–H and O–H groups in total. The summed E-state index contributed by atoms with van der Waals surface area (Å²) in [7, 11) is 0. The Bertz CT molecular complexity index is 836. The second-order valence-electron chi connectivity index (χ2n) is 5.26. The van der Waals surface area contributed by atoms with Gasteiger partial charge in [-0.15, -0.1) is 0 Å². The molecule has 7 heteroatoms. The maximum atomic E-state index is 13.7. The fraction of sp³-hybridized carbons (Fsp3) is 0.118. The number of amides is 3. The Morgan fingerprint density at radius 2 is 1.79 bits per heavy atom. The summed E-state index contributed by atoms with van der Waals surface area (Å²) in [6, 6.07) is 10.7. The zero-order valence-corrected chi connectivity index (χ0v) is 13.1. The molecule has 0 saturated heterocycles. The summed E-state index contributed by atoms with van der Waals surface area (Å²) >= 11 is 5.78. The Balaban J connectivity index is 1.65. The molecule has 0 saturated carbocycles. The van der Waals surface area contributed by atoms with Gasteiger partial charge in [0.2, 0.25) is 5.91 Å². The zero-order chi connectivity index (χ0) is 17.3. The second kappa shape index (κ2) is 6.41. The number of imide groups is 1. The van der Waals surface area contributed by atoms with Crippen LogP contribution in [0.15, 0.2) is 42.5 Å². The third kappa shape index (κ3) is 3.00. The van der Waals surface area contributed by atoms with Gasteiger partial charge in [-0.2, -0.15) is 0 Å². The first kappa shape index (κ1) is 16.1. The number of halogens is 2. The molecule has 3 amide bonds. The van der Waals surface area contributed by atoms with Crippen LogP contribution >= 0.6 is 11.6 Å². The number of nitrogens with zero attached hydrogens (tertiary/aromatic N) is 1. The van der Waals surface area contributed by atoms with E-state index in [1.807, 2.05) is 0 Å². The van der Waals surface area contributed by atoms with Gasteiger partial charge in [0.05, 0.1) is 11.1 Å². The van der Waals surface area contributed by atoms with Crippen LogP contribution in [0, 0.1) is 5.82 Å². The van der Waals surface area contributed by atoms with Gasteiger partial charge in [0.15, 0.2) is 0 Å². The van der Waals surface area contributed by atoms with E-state index in [2.05, 4.69) is 5.32 Å². The van der Waals surface area contributed by atoms with Gasteiger partial charge in [-0.25, -0.2) is 4.39 Å². The average molecular weight is 347 g/mol. The highest BCUT2D eigenvalue weighted by Gasteiger charge is 2.38. The highest BCUT2D eigenvalue weighted by Crippen LogP contribution is 2.24. The lowest BCUT2D eigenvalue weighted by atomic mass is 10.1. The molecule has 122 valence electrons. The highest BCUT2D eigenvalue weighted by molar-refractivity contribution is 6.30. The van der Waals surface area contributed by atoms with E-state index in [1.165, 1.54) is 12.1 Å². The van der Waals surface area contributed by atoms with Crippen LogP contribution in [-0.2, 0) is 11.3 Å². The molecule has 0 bridgehead atoms. The Morgan fingerprint density at radius 1 is 1.08 bits per heavy atom. The first-order valence-electron chi connectivity index (χ1n) is 7.13. The summed E-state index contributed by atoms with van der Waals surface area (Å²) in [4.78, 5) is 37.0. The van der Waals surface area contributed by atoms with Crippen LogP contribution in [0.2, 0.25) is 5.02 Å². The molecular weight excluding hydrogens is 335 g/mol. The van der Waals surface area contributed by atoms with Crippen LogP contribution < -0.4 is 5.32 Å². The van der Waals surface area contributed by atoms with Crippen LogP contribution in [-0.4, -0.2) is 29.2 Å². The molecule has 1 aliphatic rings. The smallest absolute Gasteiger partial charge is 0.265 e. The first-order valence-corrected chi connectivity index (χ1v) is 7.51. The van der Waals surface area contributed by atoms with E-state index in [1.54, 1.807) is 24.3 Å². The summed E-state index contributed by atoms with van der Waals surface area (Å²) in [5.41, 5.74) is 0.514. The van der Waals surface area contributed by atoms with E-state index >= 15 is 0 Å². The van der Waals surface area contributed by atoms with E-state index in [0.717, 1.165) is 16.5 Å². The lowest BCUT2D eigenvalue weighted by Crippen LogP contribution is -2.40. The average Bonchev–Trinajstić information content (AvgIpc) is 2.80. The molecule has 0 spiro atoms. The molecule has 2 aromatic rings. The van der Waals surface area contributed by atoms with E-state index < -0.39 is 30.1 Å². The standard InChI is InChI=1S/C17H12ClFN2O3/c18-11-6-4-10(5-7-11)8-20-14(22)9-21-16(23)12-2-1-3-13(19)15(12)17(21)24/h1-7H,8-9H2,(H,20,22). The zero-order valence-electron chi connectivity index (χ0n) is 12.4. The molecule has 5 nitrogen and oxygen atoms in total. The molecule has 0 unspecified atom stereocenters. The minimum atomic E-state index is -0.797. The topological polar surface area (TPSA) is 66.5 Å². The quantitative estimate of drug-likeness (QED) is 0.864. The van der Waals surface area contributed by atoms with Gasteiger partial charge in [-0.05, 0) is 29.8 Å². The lowest BCUT2D eigenvalue weighted by Gasteiger charge is -2.13. The third-order valence-corrected chi connectivity index (χ3v) is 3.90. The van der Waals surface area contributed by atoms with Crippen LogP contribution in [0.3, 0.4) is 0 Å². The fourth-order valence-corrected chi connectivity index (χ4v) is 2.56. The van der Waals surface area contributed by atoms with E-state index in [0.29, 0.717) is 5.02 Å². The molecule has 3 rings (SSSR count). The van der Waals surface area contributed by atoms with Gasteiger partial charge in [0.1, 0.15) is 12.4 Å². The van der Waals surface area contributed by atoms with Crippen molar-refractivity contribution in [2.75, 3.05) is 6.54 Å². The Hall–Kier alpha value is -2.73. The van der Waals surface area contributed by atoms with Crippen molar-refractivity contribution in [1.29, 1.82) is 0 Å². The lowest BCUT2D eigenvalue weighted by molar-refractivity contribution is -0.121. The predicted molar refractivity (Wildman–Crippen MR) is 85.1 cm³/mol. The van der Waals surface area contributed by atoms with Gasteiger partial charge in [-0.3, -0.25) is 19.3 Å². The number of hydrogen-bond donors (Lipinski definition) is 1. The summed E-state index contributed by atoms with van der Waals surface area (Å²) in [5.74, 6) is -2.75. The fourth-order valence-electron chi connectivity index (χ4n) is 2.44. The number of fused-ring (bicyclic) bond motifs is 1. The third-order valence-electron chi connectivity index (χ3n) is 3.65. The van der Waals surface area contributed by atoms with Gasteiger partial charge in [0.25, 0.3) is 11.8 Å². The summed E-state index contributed by atoms with van der Waals surface area (Å²) in [6.07, 6.45) is 0. The Morgan fingerprint density at radius 3 is 2.46 bits per heavy atom. The monoisotopic (exact) mass is 346 g/mol. The SMILES string of the molecule is O=C(CN1C(=O)c2cccc(F)c2C1=O)NCc1ccc(Cl)cc1. The minimum Gasteiger partial charge on any atom is -0.350 e. The largest absolute Gasteiger partial charge is 0.350 e. The van der Waals surface area contributed by atoms with Gasteiger partial charge in [0, 0.05) is 11.6 Å². The van der Waals surface area contributed by atoms with Crippen molar-refractivity contribution >= 4 is 29.3 Å². The van der Waals surface area contributed by atoms with Crippen molar-refractivity contribution in [3.05, 3.63) is 70.0 Å². The van der Waals surface area contributed by atoms with E-state index in [-0.39, 0.29) is 17.7 Å².